The molecule has 0 saturated carbocycles. The molecule has 1 aromatic heterocycles. The van der Waals surface area contributed by atoms with Gasteiger partial charge in [-0.3, -0.25) is 4.99 Å². The van der Waals surface area contributed by atoms with Crippen LogP contribution in [-0.2, 0) is 0 Å². The molecule has 114 valence electrons. The maximum atomic E-state index is 12.1. The Kier molecular flexibility index (Phi) is 5.46. The van der Waals surface area contributed by atoms with Crippen molar-refractivity contribution in [3.05, 3.63) is 35.2 Å². The van der Waals surface area contributed by atoms with E-state index in [1.165, 1.54) is 18.4 Å². The second kappa shape index (κ2) is 7.33. The Morgan fingerprint density at radius 3 is 2.67 bits per heavy atom. The molecule has 1 aromatic carbocycles. The van der Waals surface area contributed by atoms with Gasteiger partial charge < -0.3 is 15.7 Å². The van der Waals surface area contributed by atoms with Crippen LogP contribution in [0.3, 0.4) is 0 Å². The van der Waals surface area contributed by atoms with Crippen LogP contribution in [0.2, 0.25) is 0 Å². The molecule has 2 rings (SSSR count). The van der Waals surface area contributed by atoms with Crippen molar-refractivity contribution in [1.29, 1.82) is 0 Å². The Morgan fingerprint density at radius 1 is 1.29 bits per heavy atom. The molecule has 0 radical (unpaired) electrons. The lowest BCUT2D eigenvalue weighted by Crippen LogP contribution is -2.41. The number of rotatable bonds is 5. The number of benzene rings is 1. The standard InChI is InChI=1S/C14H17F2N3OS/c1-17-14(19-8-13(15)16)18-7-10(20)12-6-9-4-2-3-5-11(9)21-12/h2-6,10,13,20H,7-8H2,1H3,(H2,17,18,19). The number of hydrogen-bond acceptors (Lipinski definition) is 3. The molecular weight excluding hydrogens is 296 g/mol. The average molecular weight is 313 g/mol. The van der Waals surface area contributed by atoms with E-state index in [9.17, 15) is 13.9 Å². The van der Waals surface area contributed by atoms with Gasteiger partial charge in [-0.2, -0.15) is 0 Å². The third kappa shape index (κ3) is 4.37. The summed E-state index contributed by atoms with van der Waals surface area (Å²) in [7, 11) is 1.49. The van der Waals surface area contributed by atoms with E-state index in [1.54, 1.807) is 0 Å². The number of aliphatic imine (C=N–C) groups is 1. The fourth-order valence-corrected chi connectivity index (χ4v) is 2.91. The van der Waals surface area contributed by atoms with Crippen molar-refractivity contribution < 1.29 is 13.9 Å². The van der Waals surface area contributed by atoms with E-state index in [-0.39, 0.29) is 12.5 Å². The Morgan fingerprint density at radius 2 is 2.00 bits per heavy atom. The molecule has 7 heteroatoms. The smallest absolute Gasteiger partial charge is 0.255 e. The molecule has 2 aromatic rings. The third-order valence-electron chi connectivity index (χ3n) is 2.88. The van der Waals surface area contributed by atoms with Gasteiger partial charge >= 0.3 is 0 Å². The number of nitrogens with one attached hydrogen (secondary N) is 2. The summed E-state index contributed by atoms with van der Waals surface area (Å²) in [5.74, 6) is 0.246. The SMILES string of the molecule is CN=C(NCC(F)F)NCC(O)c1cc2ccccc2s1. The van der Waals surface area contributed by atoms with Gasteiger partial charge in [0.2, 0.25) is 0 Å². The molecule has 0 aliphatic carbocycles. The number of hydrogen-bond donors (Lipinski definition) is 3. The molecule has 0 aliphatic heterocycles. The number of alkyl halides is 2. The number of halogens is 2. The molecule has 21 heavy (non-hydrogen) atoms. The highest BCUT2D eigenvalue weighted by Gasteiger charge is 2.12. The zero-order valence-corrected chi connectivity index (χ0v) is 12.3. The van der Waals surface area contributed by atoms with Gasteiger partial charge in [-0.1, -0.05) is 18.2 Å². The predicted molar refractivity (Wildman–Crippen MR) is 82.2 cm³/mol. The van der Waals surface area contributed by atoms with Crippen molar-refractivity contribution in [2.24, 2.45) is 4.99 Å². The first-order chi connectivity index (χ1) is 10.1. The second-order valence-electron chi connectivity index (χ2n) is 4.43. The van der Waals surface area contributed by atoms with Gasteiger partial charge in [-0.25, -0.2) is 8.78 Å². The van der Waals surface area contributed by atoms with Crippen LogP contribution in [0.4, 0.5) is 8.78 Å². The summed E-state index contributed by atoms with van der Waals surface area (Å²) < 4.78 is 25.3. The van der Waals surface area contributed by atoms with Crippen molar-refractivity contribution in [3.8, 4) is 0 Å². The lowest BCUT2D eigenvalue weighted by molar-refractivity contribution is 0.151. The summed E-state index contributed by atoms with van der Waals surface area (Å²) >= 11 is 1.51. The summed E-state index contributed by atoms with van der Waals surface area (Å²) in [6, 6.07) is 9.80. The molecule has 0 fully saturated rings. The molecule has 1 atom stereocenters. The first kappa shape index (κ1) is 15.7. The van der Waals surface area contributed by atoms with Crippen molar-refractivity contribution in [1.82, 2.24) is 10.6 Å². The topological polar surface area (TPSA) is 56.7 Å². The van der Waals surface area contributed by atoms with E-state index in [0.717, 1.165) is 15.0 Å². The number of thiophene rings is 1. The van der Waals surface area contributed by atoms with Crippen LogP contribution in [0.25, 0.3) is 10.1 Å². The van der Waals surface area contributed by atoms with Gasteiger partial charge in [0.15, 0.2) is 5.96 Å². The molecule has 0 spiro atoms. The van der Waals surface area contributed by atoms with Gasteiger partial charge in [0.05, 0.1) is 6.54 Å². The van der Waals surface area contributed by atoms with Crippen LogP contribution >= 0.6 is 11.3 Å². The minimum atomic E-state index is -2.45. The third-order valence-corrected chi connectivity index (χ3v) is 4.10. The number of aliphatic hydroxyl groups excluding tert-OH is 1. The van der Waals surface area contributed by atoms with Crippen LogP contribution in [0.15, 0.2) is 35.3 Å². The van der Waals surface area contributed by atoms with E-state index < -0.39 is 19.1 Å². The largest absolute Gasteiger partial charge is 0.386 e. The normalized spacial score (nSPS) is 13.7. The van der Waals surface area contributed by atoms with E-state index in [1.807, 2.05) is 30.3 Å². The Hall–Kier alpha value is -1.73. The molecule has 0 bridgehead atoms. The lowest BCUT2D eigenvalue weighted by Gasteiger charge is -2.14. The molecular formula is C14H17F2N3OS. The van der Waals surface area contributed by atoms with Crippen LogP contribution in [0.5, 0.6) is 0 Å². The number of aliphatic hydroxyl groups is 1. The fraction of sp³-hybridized carbons (Fsp3) is 0.357. The fourth-order valence-electron chi connectivity index (χ4n) is 1.86. The Labute approximate surface area is 125 Å². The van der Waals surface area contributed by atoms with E-state index in [4.69, 9.17) is 0 Å². The summed E-state index contributed by atoms with van der Waals surface area (Å²) in [5, 5.41) is 16.6. The van der Waals surface area contributed by atoms with Crippen LogP contribution < -0.4 is 10.6 Å². The second-order valence-corrected chi connectivity index (χ2v) is 5.54. The monoisotopic (exact) mass is 313 g/mol. The summed E-state index contributed by atoms with van der Waals surface area (Å²) in [5.41, 5.74) is 0. The van der Waals surface area contributed by atoms with Crippen molar-refractivity contribution in [2.75, 3.05) is 20.1 Å². The van der Waals surface area contributed by atoms with E-state index in [2.05, 4.69) is 15.6 Å². The zero-order valence-electron chi connectivity index (χ0n) is 11.5. The van der Waals surface area contributed by atoms with Crippen molar-refractivity contribution in [2.45, 2.75) is 12.5 Å². The van der Waals surface area contributed by atoms with Crippen molar-refractivity contribution >= 4 is 27.4 Å². The first-order valence-corrected chi connectivity index (χ1v) is 7.31. The highest BCUT2D eigenvalue weighted by atomic mass is 32.1. The van der Waals surface area contributed by atoms with Crippen LogP contribution in [0, 0.1) is 0 Å². The lowest BCUT2D eigenvalue weighted by atomic mass is 10.2. The molecule has 0 saturated heterocycles. The first-order valence-electron chi connectivity index (χ1n) is 6.49. The minimum Gasteiger partial charge on any atom is -0.386 e. The quantitative estimate of drug-likeness (QED) is 0.587. The summed E-state index contributed by atoms with van der Waals surface area (Å²) in [6.45, 7) is -0.269. The van der Waals surface area contributed by atoms with Gasteiger partial charge in [0.25, 0.3) is 6.43 Å². The molecule has 4 nitrogen and oxygen atoms in total. The van der Waals surface area contributed by atoms with E-state index >= 15 is 0 Å². The minimum absolute atomic E-state index is 0.204. The average Bonchev–Trinajstić information content (AvgIpc) is 2.91. The Bertz CT molecular complexity index is 582. The molecule has 1 heterocycles. The van der Waals surface area contributed by atoms with Gasteiger partial charge in [0.1, 0.15) is 6.10 Å². The number of nitrogens with zero attached hydrogens (tertiary/aromatic N) is 1. The van der Waals surface area contributed by atoms with Gasteiger partial charge in [0, 0.05) is 23.2 Å². The Balaban J connectivity index is 1.93. The maximum Gasteiger partial charge on any atom is 0.255 e. The maximum absolute atomic E-state index is 12.1. The van der Waals surface area contributed by atoms with Crippen molar-refractivity contribution in [3.63, 3.8) is 0 Å². The van der Waals surface area contributed by atoms with Gasteiger partial charge in [-0.05, 0) is 17.5 Å². The summed E-state index contributed by atoms with van der Waals surface area (Å²) in [4.78, 5) is 4.65. The molecule has 0 amide bonds. The molecule has 3 N–H and O–H groups in total. The van der Waals surface area contributed by atoms with Crippen LogP contribution in [-0.4, -0.2) is 37.6 Å². The number of fused-ring (bicyclic) bond motifs is 1. The zero-order chi connectivity index (χ0) is 15.2. The highest BCUT2D eigenvalue weighted by Crippen LogP contribution is 2.29. The van der Waals surface area contributed by atoms with Crippen LogP contribution in [0.1, 0.15) is 11.0 Å². The van der Waals surface area contributed by atoms with Gasteiger partial charge in [-0.15, -0.1) is 11.3 Å². The molecule has 0 aliphatic rings. The molecule has 1 unspecified atom stereocenters. The number of guanidine groups is 1. The van der Waals surface area contributed by atoms with E-state index in [0.29, 0.717) is 0 Å². The highest BCUT2D eigenvalue weighted by molar-refractivity contribution is 7.19. The summed E-state index contributed by atoms with van der Waals surface area (Å²) in [6.07, 6.45) is -3.16. The predicted octanol–water partition coefficient (Wildman–Crippen LogP) is 2.36.